The van der Waals surface area contributed by atoms with E-state index >= 15 is 0 Å². The Labute approximate surface area is 75.5 Å². The van der Waals surface area contributed by atoms with Gasteiger partial charge in [0.25, 0.3) is 5.91 Å². The van der Waals surface area contributed by atoms with E-state index in [-0.39, 0.29) is 6.61 Å². The number of rotatable bonds is 3. The third kappa shape index (κ3) is 2.55. The van der Waals surface area contributed by atoms with E-state index in [0.29, 0.717) is 17.1 Å². The summed E-state index contributed by atoms with van der Waals surface area (Å²) in [6.45, 7) is -0.163. The lowest BCUT2D eigenvalue weighted by molar-refractivity contribution is -0.119. The molecule has 6 N–H and O–H groups in total. The topological polar surface area (TPSA) is 104 Å². The molecule has 0 spiro atoms. The van der Waals surface area contributed by atoms with Crippen LogP contribution in [0.1, 0.15) is 0 Å². The zero-order chi connectivity index (χ0) is 9.84. The third-order valence-electron chi connectivity index (χ3n) is 1.44. The Morgan fingerprint density at radius 2 is 2.00 bits per heavy atom. The second kappa shape index (κ2) is 3.66. The molecule has 13 heavy (non-hydrogen) atoms. The van der Waals surface area contributed by atoms with Crippen LogP contribution in [0, 0.1) is 0 Å². The molecule has 0 aromatic heterocycles. The zero-order valence-electron chi connectivity index (χ0n) is 6.99. The molecule has 0 heterocycles. The van der Waals surface area contributed by atoms with Crippen molar-refractivity contribution in [2.75, 3.05) is 18.1 Å². The van der Waals surface area contributed by atoms with E-state index in [4.69, 9.17) is 21.9 Å². The summed E-state index contributed by atoms with van der Waals surface area (Å²) in [5, 5.41) is 0. The van der Waals surface area contributed by atoms with Crippen LogP contribution < -0.4 is 21.9 Å². The van der Waals surface area contributed by atoms with Gasteiger partial charge in [0.05, 0.1) is 11.4 Å². The van der Waals surface area contributed by atoms with Gasteiger partial charge in [0, 0.05) is 6.07 Å². The maximum absolute atomic E-state index is 10.4. The zero-order valence-corrected chi connectivity index (χ0v) is 6.99. The fourth-order valence-corrected chi connectivity index (χ4v) is 0.797. The summed E-state index contributed by atoms with van der Waals surface area (Å²) in [4.78, 5) is 10.4. The quantitative estimate of drug-likeness (QED) is 0.557. The van der Waals surface area contributed by atoms with E-state index in [1.165, 1.54) is 6.07 Å². The molecule has 1 aromatic rings. The Morgan fingerprint density at radius 3 is 2.54 bits per heavy atom. The van der Waals surface area contributed by atoms with Gasteiger partial charge in [-0.15, -0.1) is 0 Å². The predicted octanol–water partition coefficient (Wildman–Crippen LogP) is -0.285. The second-order valence-corrected chi connectivity index (χ2v) is 2.55. The summed E-state index contributed by atoms with van der Waals surface area (Å²) < 4.78 is 4.99. The molecular formula is C8H11N3O2. The Bertz CT molecular complexity index is 325. The van der Waals surface area contributed by atoms with Crippen LogP contribution in [0.5, 0.6) is 5.75 Å². The number of ether oxygens (including phenoxy) is 1. The summed E-state index contributed by atoms with van der Waals surface area (Å²) in [7, 11) is 0. The highest BCUT2D eigenvalue weighted by Gasteiger charge is 1.99. The number of carbonyl (C=O) groups excluding carboxylic acids is 1. The summed E-state index contributed by atoms with van der Waals surface area (Å²) in [6, 6.07) is 4.76. The molecule has 0 radical (unpaired) electrons. The fourth-order valence-electron chi connectivity index (χ4n) is 0.797. The minimum Gasteiger partial charge on any atom is -0.484 e. The first kappa shape index (κ1) is 9.18. The van der Waals surface area contributed by atoms with E-state index in [0.717, 1.165) is 0 Å². The average Bonchev–Trinajstić information content (AvgIpc) is 2.07. The molecule has 0 aliphatic heterocycles. The Morgan fingerprint density at radius 1 is 1.31 bits per heavy atom. The number of benzene rings is 1. The molecule has 0 saturated carbocycles. The largest absolute Gasteiger partial charge is 0.484 e. The first-order valence-electron chi connectivity index (χ1n) is 3.65. The smallest absolute Gasteiger partial charge is 0.255 e. The molecule has 0 fully saturated rings. The van der Waals surface area contributed by atoms with Crippen LogP contribution in [-0.4, -0.2) is 12.5 Å². The molecule has 1 rings (SSSR count). The molecule has 0 bridgehead atoms. The van der Waals surface area contributed by atoms with Gasteiger partial charge in [0.15, 0.2) is 6.61 Å². The van der Waals surface area contributed by atoms with Crippen LogP contribution in [0.15, 0.2) is 18.2 Å². The summed E-state index contributed by atoms with van der Waals surface area (Å²) in [5.74, 6) is -0.0547. The molecular weight excluding hydrogens is 170 g/mol. The van der Waals surface area contributed by atoms with Crippen LogP contribution in [0.25, 0.3) is 0 Å². The summed E-state index contributed by atoms with van der Waals surface area (Å²) >= 11 is 0. The van der Waals surface area contributed by atoms with Crippen molar-refractivity contribution in [3.8, 4) is 5.75 Å². The second-order valence-electron chi connectivity index (χ2n) is 2.55. The molecule has 1 aromatic carbocycles. The maximum atomic E-state index is 10.4. The number of hydrogen-bond acceptors (Lipinski definition) is 4. The van der Waals surface area contributed by atoms with Crippen molar-refractivity contribution in [2.45, 2.75) is 0 Å². The Hall–Kier alpha value is -1.91. The van der Waals surface area contributed by atoms with Gasteiger partial charge in [-0.05, 0) is 12.1 Å². The van der Waals surface area contributed by atoms with Crippen LogP contribution >= 0.6 is 0 Å². The number of carbonyl (C=O) groups is 1. The molecule has 0 saturated heterocycles. The van der Waals surface area contributed by atoms with Crippen LogP contribution in [0.2, 0.25) is 0 Å². The number of nitrogen functional groups attached to an aromatic ring is 2. The van der Waals surface area contributed by atoms with Crippen LogP contribution in [-0.2, 0) is 4.79 Å². The van der Waals surface area contributed by atoms with Crippen molar-refractivity contribution in [1.29, 1.82) is 0 Å². The third-order valence-corrected chi connectivity index (χ3v) is 1.44. The van der Waals surface area contributed by atoms with Crippen molar-refractivity contribution in [3.05, 3.63) is 18.2 Å². The molecule has 5 nitrogen and oxygen atoms in total. The maximum Gasteiger partial charge on any atom is 0.255 e. The van der Waals surface area contributed by atoms with E-state index < -0.39 is 5.91 Å². The summed E-state index contributed by atoms with van der Waals surface area (Å²) in [5.41, 5.74) is 16.8. The molecule has 0 unspecified atom stereocenters. The first-order valence-corrected chi connectivity index (χ1v) is 3.65. The van der Waals surface area contributed by atoms with Crippen LogP contribution in [0.4, 0.5) is 11.4 Å². The van der Waals surface area contributed by atoms with E-state index in [1.54, 1.807) is 12.1 Å². The minimum atomic E-state index is -0.532. The molecule has 5 heteroatoms. The van der Waals surface area contributed by atoms with Gasteiger partial charge in [-0.1, -0.05) is 0 Å². The van der Waals surface area contributed by atoms with Gasteiger partial charge in [-0.3, -0.25) is 4.79 Å². The number of nitrogens with two attached hydrogens (primary N) is 3. The van der Waals surface area contributed by atoms with Gasteiger partial charge in [0.2, 0.25) is 0 Å². The Balaban J connectivity index is 2.68. The molecule has 0 aliphatic carbocycles. The lowest BCUT2D eigenvalue weighted by Crippen LogP contribution is -2.20. The van der Waals surface area contributed by atoms with Crippen molar-refractivity contribution in [3.63, 3.8) is 0 Å². The van der Waals surface area contributed by atoms with Gasteiger partial charge >= 0.3 is 0 Å². The van der Waals surface area contributed by atoms with Gasteiger partial charge < -0.3 is 21.9 Å². The standard InChI is InChI=1S/C8H11N3O2/c9-6-2-1-5(3-7(6)10)13-4-8(11)12/h1-3H,4,9-10H2,(H2,11,12). The normalized spacial score (nSPS) is 9.54. The lowest BCUT2D eigenvalue weighted by Gasteiger charge is -2.05. The van der Waals surface area contributed by atoms with Crippen molar-refractivity contribution >= 4 is 17.3 Å². The monoisotopic (exact) mass is 181 g/mol. The van der Waals surface area contributed by atoms with Crippen molar-refractivity contribution in [1.82, 2.24) is 0 Å². The van der Waals surface area contributed by atoms with Crippen molar-refractivity contribution in [2.24, 2.45) is 5.73 Å². The van der Waals surface area contributed by atoms with Crippen molar-refractivity contribution < 1.29 is 9.53 Å². The average molecular weight is 181 g/mol. The molecule has 1 amide bonds. The number of anilines is 2. The fraction of sp³-hybridized carbons (Fsp3) is 0.125. The predicted molar refractivity (Wildman–Crippen MR) is 50.0 cm³/mol. The number of amides is 1. The number of primary amides is 1. The Kier molecular flexibility index (Phi) is 2.59. The van der Waals surface area contributed by atoms with E-state index in [2.05, 4.69) is 0 Å². The molecule has 70 valence electrons. The number of hydrogen-bond donors (Lipinski definition) is 3. The van der Waals surface area contributed by atoms with Crippen LogP contribution in [0.3, 0.4) is 0 Å². The minimum absolute atomic E-state index is 0.163. The van der Waals surface area contributed by atoms with Gasteiger partial charge in [-0.25, -0.2) is 0 Å². The SMILES string of the molecule is NC(=O)COc1ccc(N)c(N)c1. The first-order chi connectivity index (χ1) is 6.09. The highest BCUT2D eigenvalue weighted by molar-refractivity contribution is 5.75. The highest BCUT2D eigenvalue weighted by atomic mass is 16.5. The lowest BCUT2D eigenvalue weighted by atomic mass is 10.2. The van der Waals surface area contributed by atoms with Gasteiger partial charge in [-0.2, -0.15) is 0 Å². The molecule has 0 atom stereocenters. The van der Waals surface area contributed by atoms with Gasteiger partial charge in [0.1, 0.15) is 5.75 Å². The van der Waals surface area contributed by atoms with E-state index in [1.807, 2.05) is 0 Å². The molecule has 0 aliphatic rings. The highest BCUT2D eigenvalue weighted by Crippen LogP contribution is 2.21. The van der Waals surface area contributed by atoms with E-state index in [9.17, 15) is 4.79 Å². The summed E-state index contributed by atoms with van der Waals surface area (Å²) in [6.07, 6.45) is 0.